The van der Waals surface area contributed by atoms with Gasteiger partial charge in [-0.15, -0.1) is 5.54 Å². The summed E-state index contributed by atoms with van der Waals surface area (Å²) in [6.45, 7) is 20.8. The van der Waals surface area contributed by atoms with Crippen molar-refractivity contribution in [1.82, 2.24) is 24.8 Å². The number of ether oxygens (including phenoxy) is 4. The predicted molar refractivity (Wildman–Crippen MR) is 321 cm³/mol. The van der Waals surface area contributed by atoms with Crippen molar-refractivity contribution < 1.29 is 41.3 Å². The van der Waals surface area contributed by atoms with Crippen molar-refractivity contribution in [2.45, 2.75) is 179 Å². The van der Waals surface area contributed by atoms with Crippen LogP contribution in [0, 0.1) is 28.9 Å². The zero-order valence-corrected chi connectivity index (χ0v) is 51.0. The molecule has 2 bridgehead atoms. The summed E-state index contributed by atoms with van der Waals surface area (Å²) in [5.41, 5.74) is 4.37. The van der Waals surface area contributed by atoms with Gasteiger partial charge in [0.25, 0.3) is 0 Å². The molecule has 5 atom stereocenters. The van der Waals surface area contributed by atoms with Crippen LogP contribution in [0.3, 0.4) is 0 Å². The Morgan fingerprint density at radius 1 is 0.807 bits per heavy atom. The van der Waals surface area contributed by atoms with Crippen LogP contribution in [0.5, 0.6) is 17.5 Å². The van der Waals surface area contributed by atoms with E-state index < -0.39 is 48.4 Å². The van der Waals surface area contributed by atoms with Crippen molar-refractivity contribution in [3.8, 4) is 40.2 Å². The van der Waals surface area contributed by atoms with E-state index >= 15 is 17.6 Å². The minimum absolute atomic E-state index is 0.0190. The number of amides is 1. The molecule has 0 aliphatic carbocycles. The monoisotopic (exact) mass is 1150 g/mol. The highest BCUT2D eigenvalue weighted by molar-refractivity contribution is 6.90. The van der Waals surface area contributed by atoms with Crippen molar-refractivity contribution >= 4 is 47.5 Å². The molecule has 4 saturated heterocycles. The largest absolute Gasteiger partial charge is 0.497 e. The van der Waals surface area contributed by atoms with Crippen molar-refractivity contribution in [2.75, 3.05) is 50.3 Å². The van der Waals surface area contributed by atoms with Crippen LogP contribution >= 0.6 is 0 Å². The maximum absolute atomic E-state index is 19.2. The zero-order valence-electron chi connectivity index (χ0n) is 50.0. The van der Waals surface area contributed by atoms with Crippen molar-refractivity contribution in [2.24, 2.45) is 0 Å². The number of nitrogens with zero attached hydrogens (tertiary/aromatic N) is 7. The summed E-state index contributed by atoms with van der Waals surface area (Å²) >= 11 is 0. The molecular weight excluding hydrogens is 1070 g/mol. The summed E-state index contributed by atoms with van der Waals surface area (Å²) in [6, 6.07) is 19.4. The van der Waals surface area contributed by atoms with Gasteiger partial charge in [0.2, 0.25) is 0 Å². The van der Waals surface area contributed by atoms with E-state index in [1.807, 2.05) is 85.2 Å². The fraction of sp³-hybridized carbons (Fsp3) is 0.515. The van der Waals surface area contributed by atoms with Gasteiger partial charge in [-0.1, -0.05) is 77.8 Å². The molecule has 12 nitrogen and oxygen atoms in total. The average Bonchev–Trinajstić information content (AvgIpc) is 2.08. The van der Waals surface area contributed by atoms with E-state index in [0.29, 0.717) is 80.4 Å². The smallest absolute Gasteiger partial charge is 0.410 e. The van der Waals surface area contributed by atoms with Crippen LogP contribution in [0.1, 0.15) is 130 Å². The first kappa shape index (κ1) is 58.1. The normalized spacial score (nSPS) is 21.5. The third-order valence-electron chi connectivity index (χ3n) is 18.7. The van der Waals surface area contributed by atoms with Crippen LogP contribution in [-0.2, 0) is 24.2 Å². The number of piperazine rings is 1. The quantitative estimate of drug-likeness (QED) is 0.0591. The summed E-state index contributed by atoms with van der Waals surface area (Å²) in [6.07, 6.45) is 3.13. The lowest BCUT2D eigenvalue weighted by Crippen LogP contribution is -2.62. The first-order valence-corrected chi connectivity index (χ1v) is 32.1. The molecular formula is C66H79F4N7O5Si. The number of aromatic nitrogens is 3. The number of pyridine rings is 1. The van der Waals surface area contributed by atoms with E-state index in [1.165, 1.54) is 6.07 Å². The standard InChI is InChI=1S/C66H79F4N7O5Si/c1-39(2)83(40(3)4,41(5)6)31-28-49-51(68)26-20-44-32-54(74(34-42-16-22-47(79-10)23-17-42)35-43-18-24-48(80-11)25-19-43)71-60(55(44)49)57-58(69)50-14-12-15-52-53-27-21-46(77(53)64(78)82-65(7,8)9)37-76(52)62-56(50)61(59(57)70)72-63(73-62)81-38-66-29-13-30-75(66)36-45(67)33-66/h16-20,22-26,32,39-41,45-46,52-53H,12-15,21,27,29-30,33-38H2,1-11H3/t45-,46-,52-,53+,66+/m1/s1. The summed E-state index contributed by atoms with van der Waals surface area (Å²) in [5, 5.41) is 0.895. The molecule has 0 spiro atoms. The van der Waals surface area contributed by atoms with E-state index in [9.17, 15) is 4.79 Å². The number of hydrogen-bond acceptors (Lipinski definition) is 11. The van der Waals surface area contributed by atoms with Gasteiger partial charge in [-0.3, -0.25) is 9.80 Å². The van der Waals surface area contributed by atoms with Gasteiger partial charge >= 0.3 is 12.1 Å². The molecule has 17 heteroatoms. The molecule has 0 radical (unpaired) electrons. The first-order chi connectivity index (χ1) is 39.6. The molecule has 5 aliphatic heterocycles. The Labute approximate surface area is 487 Å². The molecule has 1 amide bonds. The number of benzene rings is 4. The molecule has 6 aromatic rings. The second kappa shape index (κ2) is 22.7. The van der Waals surface area contributed by atoms with E-state index in [2.05, 4.69) is 62.8 Å². The second-order valence-corrected chi connectivity index (χ2v) is 31.3. The Bertz CT molecular complexity index is 3420. The Morgan fingerprint density at radius 3 is 2.10 bits per heavy atom. The number of hydrogen-bond donors (Lipinski definition) is 0. The Balaban J connectivity index is 1.16. The SMILES string of the molecule is COc1ccc(CN(Cc2ccc(OC)cc2)c2cc3ccc(F)c(C#C[Si](C(C)C)(C(C)C)C(C)C)c3c(-c3c(F)c4c5c(nc(OC[C@@]67CCCN6C[C@H](F)C7)nc5c3F)N3C[C@H]5CC[C@@H]([C@H]3CCC4)N5C(=O)OC(C)(C)C)n2)cc1. The maximum atomic E-state index is 19.2. The highest BCUT2D eigenvalue weighted by atomic mass is 28.3. The van der Waals surface area contributed by atoms with E-state index in [1.54, 1.807) is 20.3 Å². The number of fused-ring (bicyclic) bond motifs is 7. The van der Waals surface area contributed by atoms with Gasteiger partial charge in [-0.25, -0.2) is 27.3 Å². The Kier molecular flexibility index (Phi) is 15.9. The molecule has 0 saturated carbocycles. The van der Waals surface area contributed by atoms with Crippen LogP contribution in [-0.4, -0.2) is 115 Å². The van der Waals surface area contributed by atoms with Crippen molar-refractivity contribution in [3.05, 3.63) is 106 Å². The molecule has 7 heterocycles. The number of halogens is 4. The second-order valence-electron chi connectivity index (χ2n) is 25.7. The molecule has 2 aromatic heterocycles. The Hall–Kier alpha value is -6.64. The molecule has 5 aliphatic rings. The van der Waals surface area contributed by atoms with Crippen LogP contribution < -0.4 is 24.0 Å². The molecule has 11 rings (SSSR count). The first-order valence-electron chi connectivity index (χ1n) is 29.8. The van der Waals surface area contributed by atoms with Gasteiger partial charge in [0, 0.05) is 43.5 Å². The summed E-state index contributed by atoms with van der Waals surface area (Å²) < 4.78 is 94.3. The third kappa shape index (κ3) is 10.7. The minimum Gasteiger partial charge on any atom is -0.497 e. The fourth-order valence-corrected chi connectivity index (χ4v) is 20.1. The van der Waals surface area contributed by atoms with Gasteiger partial charge < -0.3 is 28.7 Å². The van der Waals surface area contributed by atoms with Gasteiger partial charge in [-0.05, 0) is 142 Å². The fourth-order valence-electron chi connectivity index (χ4n) is 14.9. The van der Waals surface area contributed by atoms with Crippen molar-refractivity contribution in [3.63, 3.8) is 0 Å². The Morgan fingerprint density at radius 2 is 1.47 bits per heavy atom. The molecule has 83 heavy (non-hydrogen) atoms. The highest BCUT2D eigenvalue weighted by Crippen LogP contribution is 2.49. The summed E-state index contributed by atoms with van der Waals surface area (Å²) in [4.78, 5) is 37.6. The lowest BCUT2D eigenvalue weighted by Gasteiger charge is -2.48. The molecule has 4 fully saturated rings. The lowest BCUT2D eigenvalue weighted by atomic mass is 9.89. The molecule has 0 unspecified atom stereocenters. The van der Waals surface area contributed by atoms with Crippen molar-refractivity contribution in [1.29, 1.82) is 0 Å². The summed E-state index contributed by atoms with van der Waals surface area (Å²) in [5.74, 6) is 2.99. The van der Waals surface area contributed by atoms with Crippen LogP contribution in [0.2, 0.25) is 16.6 Å². The molecule has 0 N–H and O–H groups in total. The molecule has 440 valence electrons. The molecule has 4 aromatic carbocycles. The number of carbonyl (C=O) groups is 1. The van der Waals surface area contributed by atoms with E-state index in [4.69, 9.17) is 33.9 Å². The average molecular weight is 1150 g/mol. The number of methoxy groups -OCH3 is 2. The van der Waals surface area contributed by atoms with E-state index in [-0.39, 0.29) is 93.0 Å². The third-order valence-corrected chi connectivity index (χ3v) is 25.0. The lowest BCUT2D eigenvalue weighted by molar-refractivity contribution is 0.00699. The van der Waals surface area contributed by atoms with Gasteiger partial charge in [0.05, 0.1) is 60.1 Å². The number of alkyl halides is 1. The van der Waals surface area contributed by atoms with Gasteiger partial charge in [0.1, 0.15) is 66.7 Å². The number of aryl methyl sites for hydroxylation is 1. The topological polar surface area (TPSA) is 106 Å². The number of carbonyl (C=O) groups excluding carboxylic acids is 1. The number of rotatable bonds is 14. The number of anilines is 2. The highest BCUT2D eigenvalue weighted by Gasteiger charge is 2.52. The van der Waals surface area contributed by atoms with E-state index in [0.717, 1.165) is 36.9 Å². The van der Waals surface area contributed by atoms with Gasteiger partial charge in [-0.2, -0.15) is 9.97 Å². The summed E-state index contributed by atoms with van der Waals surface area (Å²) in [7, 11) is 0.711. The zero-order chi connectivity index (χ0) is 58.9. The van der Waals surface area contributed by atoms with Gasteiger partial charge in [0.15, 0.2) is 5.82 Å². The maximum Gasteiger partial charge on any atom is 0.410 e. The predicted octanol–water partition coefficient (Wildman–Crippen LogP) is 14.3. The van der Waals surface area contributed by atoms with Crippen LogP contribution in [0.4, 0.5) is 34.0 Å². The van der Waals surface area contributed by atoms with Crippen LogP contribution in [0.15, 0.2) is 66.7 Å². The minimum atomic E-state index is -2.52. The van der Waals surface area contributed by atoms with Crippen LogP contribution in [0.25, 0.3) is 32.9 Å².